The van der Waals surface area contributed by atoms with Crippen LogP contribution in [0.15, 0.2) is 12.1 Å². The SMILES string of the molecule is Cc1cc(OCc2c(C)nn(C)c2Cl)c(F)cc1[N+](=O)[O-]. The first kappa shape index (κ1) is 15.2. The van der Waals surface area contributed by atoms with E-state index in [4.69, 9.17) is 16.3 Å². The van der Waals surface area contributed by atoms with E-state index in [-0.39, 0.29) is 18.0 Å². The summed E-state index contributed by atoms with van der Waals surface area (Å²) in [5.74, 6) is -0.845. The fourth-order valence-corrected chi connectivity index (χ4v) is 2.17. The first-order valence-corrected chi connectivity index (χ1v) is 6.44. The quantitative estimate of drug-likeness (QED) is 0.641. The molecule has 8 heteroatoms. The van der Waals surface area contributed by atoms with Gasteiger partial charge in [0.1, 0.15) is 11.8 Å². The normalized spacial score (nSPS) is 10.7. The van der Waals surface area contributed by atoms with Crippen LogP contribution in [0.2, 0.25) is 5.15 Å². The highest BCUT2D eigenvalue weighted by molar-refractivity contribution is 6.30. The maximum Gasteiger partial charge on any atom is 0.275 e. The molecule has 112 valence electrons. The van der Waals surface area contributed by atoms with E-state index in [1.165, 1.54) is 17.7 Å². The molecular formula is C13H13ClFN3O3. The third kappa shape index (κ3) is 2.97. The van der Waals surface area contributed by atoms with Gasteiger partial charge in [-0.2, -0.15) is 5.10 Å². The number of benzene rings is 1. The molecule has 0 saturated heterocycles. The summed E-state index contributed by atoms with van der Waals surface area (Å²) < 4.78 is 20.7. The van der Waals surface area contributed by atoms with Crippen LogP contribution in [0.3, 0.4) is 0 Å². The molecule has 0 amide bonds. The Bertz CT molecular complexity index is 715. The van der Waals surface area contributed by atoms with Crippen molar-refractivity contribution in [3.8, 4) is 5.75 Å². The Morgan fingerprint density at radius 1 is 1.48 bits per heavy atom. The van der Waals surface area contributed by atoms with E-state index < -0.39 is 10.7 Å². The third-order valence-electron chi connectivity index (χ3n) is 3.09. The van der Waals surface area contributed by atoms with Crippen LogP contribution in [-0.2, 0) is 13.7 Å². The Hall–Kier alpha value is -2.15. The van der Waals surface area contributed by atoms with Crippen molar-refractivity contribution in [3.05, 3.63) is 50.0 Å². The molecule has 0 bridgehead atoms. The second kappa shape index (κ2) is 5.69. The van der Waals surface area contributed by atoms with E-state index in [2.05, 4.69) is 5.10 Å². The molecule has 0 N–H and O–H groups in total. The maximum atomic E-state index is 13.8. The largest absolute Gasteiger partial charge is 0.486 e. The van der Waals surface area contributed by atoms with Crippen molar-refractivity contribution in [2.45, 2.75) is 20.5 Å². The van der Waals surface area contributed by atoms with E-state index in [0.29, 0.717) is 22.0 Å². The van der Waals surface area contributed by atoms with Gasteiger partial charge in [0.2, 0.25) is 0 Å². The number of aromatic nitrogens is 2. The Morgan fingerprint density at radius 2 is 2.14 bits per heavy atom. The lowest BCUT2D eigenvalue weighted by molar-refractivity contribution is -0.385. The average Bonchev–Trinajstić information content (AvgIpc) is 2.64. The molecule has 0 aliphatic carbocycles. The molecule has 21 heavy (non-hydrogen) atoms. The predicted molar refractivity (Wildman–Crippen MR) is 75.1 cm³/mol. The second-order valence-corrected chi connectivity index (χ2v) is 4.95. The van der Waals surface area contributed by atoms with Crippen LogP contribution >= 0.6 is 11.6 Å². The van der Waals surface area contributed by atoms with E-state index in [9.17, 15) is 14.5 Å². The van der Waals surface area contributed by atoms with Gasteiger partial charge in [0.25, 0.3) is 5.69 Å². The highest BCUT2D eigenvalue weighted by atomic mass is 35.5. The summed E-state index contributed by atoms with van der Waals surface area (Å²) in [6.07, 6.45) is 0. The van der Waals surface area contributed by atoms with E-state index in [1.54, 1.807) is 14.0 Å². The van der Waals surface area contributed by atoms with Crippen molar-refractivity contribution in [2.75, 3.05) is 0 Å². The number of hydrogen-bond acceptors (Lipinski definition) is 4. The Morgan fingerprint density at radius 3 is 2.67 bits per heavy atom. The summed E-state index contributed by atoms with van der Waals surface area (Å²) >= 11 is 6.06. The summed E-state index contributed by atoms with van der Waals surface area (Å²) in [4.78, 5) is 10.1. The monoisotopic (exact) mass is 313 g/mol. The van der Waals surface area contributed by atoms with E-state index >= 15 is 0 Å². The zero-order valence-corrected chi connectivity index (χ0v) is 12.4. The number of aryl methyl sites for hydroxylation is 3. The van der Waals surface area contributed by atoms with Crippen molar-refractivity contribution in [1.29, 1.82) is 0 Å². The highest BCUT2D eigenvalue weighted by Gasteiger charge is 2.18. The van der Waals surface area contributed by atoms with Crippen LogP contribution < -0.4 is 4.74 Å². The standard InChI is InChI=1S/C13H13ClFN3O3/c1-7-4-12(10(15)5-11(7)18(19)20)21-6-9-8(2)16-17(3)13(9)14/h4-5H,6H2,1-3H3. The maximum absolute atomic E-state index is 13.8. The highest BCUT2D eigenvalue weighted by Crippen LogP contribution is 2.28. The fraction of sp³-hybridized carbons (Fsp3) is 0.308. The molecule has 0 fully saturated rings. The number of rotatable bonds is 4. The third-order valence-corrected chi connectivity index (χ3v) is 3.56. The van der Waals surface area contributed by atoms with Crippen LogP contribution in [0.1, 0.15) is 16.8 Å². The average molecular weight is 314 g/mol. The zero-order chi connectivity index (χ0) is 15.7. The van der Waals surface area contributed by atoms with Gasteiger partial charge < -0.3 is 4.74 Å². The number of nitrogens with zero attached hydrogens (tertiary/aromatic N) is 3. The first-order valence-electron chi connectivity index (χ1n) is 6.06. The Kier molecular flexibility index (Phi) is 4.13. The Balaban J connectivity index is 2.25. The molecule has 1 heterocycles. The number of ether oxygens (including phenoxy) is 1. The van der Waals surface area contributed by atoms with Gasteiger partial charge in [-0.05, 0) is 19.9 Å². The molecule has 1 aromatic heterocycles. The molecule has 0 saturated carbocycles. The molecule has 0 atom stereocenters. The van der Waals surface area contributed by atoms with Gasteiger partial charge in [-0.25, -0.2) is 4.39 Å². The second-order valence-electron chi connectivity index (χ2n) is 4.59. The predicted octanol–water partition coefficient (Wildman–Crippen LogP) is 3.32. The zero-order valence-electron chi connectivity index (χ0n) is 11.7. The van der Waals surface area contributed by atoms with Crippen molar-refractivity contribution >= 4 is 17.3 Å². The van der Waals surface area contributed by atoms with Gasteiger partial charge in [-0.3, -0.25) is 14.8 Å². The minimum Gasteiger partial charge on any atom is -0.486 e. The molecular weight excluding hydrogens is 301 g/mol. The van der Waals surface area contributed by atoms with Crippen LogP contribution in [0.5, 0.6) is 5.75 Å². The number of halogens is 2. The number of hydrogen-bond donors (Lipinski definition) is 0. The molecule has 0 aliphatic heterocycles. The summed E-state index contributed by atoms with van der Waals surface area (Å²) in [7, 11) is 1.69. The Labute approximate surface area is 125 Å². The van der Waals surface area contributed by atoms with Gasteiger partial charge in [0.05, 0.1) is 16.7 Å². The smallest absolute Gasteiger partial charge is 0.275 e. The summed E-state index contributed by atoms with van der Waals surface area (Å²) in [5, 5.41) is 15.3. The molecule has 2 aromatic rings. The van der Waals surface area contributed by atoms with Crippen molar-refractivity contribution in [3.63, 3.8) is 0 Å². The summed E-state index contributed by atoms with van der Waals surface area (Å²) in [6, 6.07) is 2.15. The summed E-state index contributed by atoms with van der Waals surface area (Å²) in [6.45, 7) is 3.32. The molecule has 0 spiro atoms. The van der Waals surface area contributed by atoms with E-state index in [0.717, 1.165) is 6.07 Å². The van der Waals surface area contributed by atoms with Gasteiger partial charge >= 0.3 is 0 Å². The lowest BCUT2D eigenvalue weighted by atomic mass is 10.2. The van der Waals surface area contributed by atoms with Gasteiger partial charge in [0, 0.05) is 18.2 Å². The molecule has 0 unspecified atom stereocenters. The van der Waals surface area contributed by atoms with Gasteiger partial charge in [-0.15, -0.1) is 0 Å². The van der Waals surface area contributed by atoms with Gasteiger partial charge in [0.15, 0.2) is 11.6 Å². The molecule has 2 rings (SSSR count). The topological polar surface area (TPSA) is 70.2 Å². The van der Waals surface area contributed by atoms with Crippen molar-refractivity contribution in [1.82, 2.24) is 9.78 Å². The number of nitro benzene ring substituents is 1. The van der Waals surface area contributed by atoms with Crippen LogP contribution in [-0.4, -0.2) is 14.7 Å². The van der Waals surface area contributed by atoms with Crippen molar-refractivity contribution < 1.29 is 14.1 Å². The minimum absolute atomic E-state index is 0.0344. The van der Waals surface area contributed by atoms with Crippen molar-refractivity contribution in [2.24, 2.45) is 7.05 Å². The minimum atomic E-state index is -0.787. The molecule has 6 nitrogen and oxygen atoms in total. The number of nitro groups is 1. The van der Waals surface area contributed by atoms with Crippen LogP contribution in [0.4, 0.5) is 10.1 Å². The molecule has 0 aliphatic rings. The van der Waals surface area contributed by atoms with E-state index in [1.807, 2.05) is 0 Å². The molecule has 0 radical (unpaired) electrons. The van der Waals surface area contributed by atoms with Gasteiger partial charge in [-0.1, -0.05) is 11.6 Å². The molecule has 1 aromatic carbocycles. The lowest BCUT2D eigenvalue weighted by Gasteiger charge is -2.08. The summed E-state index contributed by atoms with van der Waals surface area (Å²) in [5.41, 5.74) is 1.37. The fourth-order valence-electron chi connectivity index (χ4n) is 1.94. The lowest BCUT2D eigenvalue weighted by Crippen LogP contribution is -2.01. The first-order chi connectivity index (χ1) is 9.81. The van der Waals surface area contributed by atoms with Crippen LogP contribution in [0.25, 0.3) is 0 Å². The van der Waals surface area contributed by atoms with Crippen LogP contribution in [0, 0.1) is 29.8 Å².